The van der Waals surface area contributed by atoms with E-state index in [0.717, 1.165) is 18.7 Å². The molecule has 3 heteroatoms. The number of aliphatic hydroxyl groups is 1. The van der Waals surface area contributed by atoms with Gasteiger partial charge >= 0.3 is 0 Å². The minimum absolute atomic E-state index is 0.231. The number of rotatable bonds is 6. The van der Waals surface area contributed by atoms with Crippen molar-refractivity contribution in [2.45, 2.75) is 38.1 Å². The maximum Gasteiger partial charge on any atom is 0.0558 e. The Bertz CT molecular complexity index is 188. The Morgan fingerprint density at radius 2 is 2.00 bits per heavy atom. The largest absolute Gasteiger partial charge is 0.395 e. The first-order valence-electron chi connectivity index (χ1n) is 5.99. The summed E-state index contributed by atoms with van der Waals surface area (Å²) in [7, 11) is 0. The van der Waals surface area contributed by atoms with Gasteiger partial charge in [0, 0.05) is 25.7 Å². The smallest absolute Gasteiger partial charge is 0.0558 e. The highest BCUT2D eigenvalue weighted by atomic mass is 16.3. The van der Waals surface area contributed by atoms with Gasteiger partial charge in [-0.3, -0.25) is 4.90 Å². The Labute approximate surface area is 93.0 Å². The molecule has 0 aromatic carbocycles. The average Bonchev–Trinajstić information content (AvgIpc) is 2.29. The van der Waals surface area contributed by atoms with Gasteiger partial charge in [0.25, 0.3) is 0 Å². The van der Waals surface area contributed by atoms with E-state index in [4.69, 9.17) is 10.8 Å². The van der Waals surface area contributed by atoms with Gasteiger partial charge in [0.15, 0.2) is 0 Å². The quantitative estimate of drug-likeness (QED) is 0.649. The number of hydrogen-bond acceptors (Lipinski definition) is 3. The summed E-state index contributed by atoms with van der Waals surface area (Å²) in [6.07, 6.45) is 6.53. The van der Waals surface area contributed by atoms with Crippen molar-refractivity contribution in [2.75, 3.05) is 26.2 Å². The summed E-state index contributed by atoms with van der Waals surface area (Å²) in [5.74, 6) is 0. The van der Waals surface area contributed by atoms with Crippen molar-refractivity contribution in [3.8, 4) is 0 Å². The van der Waals surface area contributed by atoms with Gasteiger partial charge in [-0.1, -0.05) is 25.8 Å². The van der Waals surface area contributed by atoms with E-state index < -0.39 is 0 Å². The highest BCUT2D eigenvalue weighted by molar-refractivity contribution is 4.99. The number of nitrogens with two attached hydrogens (primary N) is 1. The summed E-state index contributed by atoms with van der Waals surface area (Å²) in [5, 5.41) is 9.05. The Balaban J connectivity index is 2.43. The standard InChI is InChI=1S/C12H24N2O/c1-11(9-13)10-14(7-8-15)12-5-3-2-4-6-12/h12,15H,1-10,13H2. The predicted molar refractivity (Wildman–Crippen MR) is 63.7 cm³/mol. The molecule has 1 rings (SSSR count). The van der Waals surface area contributed by atoms with Gasteiger partial charge in [-0.25, -0.2) is 0 Å². The molecular formula is C12H24N2O. The van der Waals surface area contributed by atoms with Gasteiger partial charge in [-0.15, -0.1) is 0 Å². The highest BCUT2D eigenvalue weighted by Crippen LogP contribution is 2.22. The van der Waals surface area contributed by atoms with Crippen molar-refractivity contribution in [2.24, 2.45) is 5.73 Å². The molecule has 0 bridgehead atoms. The summed E-state index contributed by atoms with van der Waals surface area (Å²) in [6, 6.07) is 0.634. The molecule has 0 aliphatic heterocycles. The normalized spacial score (nSPS) is 18.3. The second kappa shape index (κ2) is 6.99. The third-order valence-corrected chi connectivity index (χ3v) is 3.19. The fraction of sp³-hybridized carbons (Fsp3) is 0.833. The van der Waals surface area contributed by atoms with Gasteiger partial charge < -0.3 is 10.8 Å². The van der Waals surface area contributed by atoms with Crippen LogP contribution in [0.1, 0.15) is 32.1 Å². The molecular weight excluding hydrogens is 188 g/mol. The molecule has 0 amide bonds. The number of aliphatic hydroxyl groups excluding tert-OH is 1. The monoisotopic (exact) mass is 212 g/mol. The van der Waals surface area contributed by atoms with E-state index in [-0.39, 0.29) is 6.61 Å². The van der Waals surface area contributed by atoms with Crippen molar-refractivity contribution in [3.05, 3.63) is 12.2 Å². The van der Waals surface area contributed by atoms with Crippen molar-refractivity contribution in [1.82, 2.24) is 4.90 Å². The third kappa shape index (κ3) is 4.33. The summed E-state index contributed by atoms with van der Waals surface area (Å²) >= 11 is 0. The first kappa shape index (κ1) is 12.7. The molecule has 0 heterocycles. The predicted octanol–water partition coefficient (Wildman–Crippen LogP) is 1.13. The van der Waals surface area contributed by atoms with E-state index in [1.807, 2.05) is 0 Å². The lowest BCUT2D eigenvalue weighted by Crippen LogP contribution is -2.40. The van der Waals surface area contributed by atoms with Crippen molar-refractivity contribution < 1.29 is 5.11 Å². The second-order valence-electron chi connectivity index (χ2n) is 4.44. The van der Waals surface area contributed by atoms with Gasteiger partial charge in [0.1, 0.15) is 0 Å². The summed E-state index contributed by atoms with van der Waals surface area (Å²) in [5.41, 5.74) is 6.62. The Hall–Kier alpha value is -0.380. The van der Waals surface area contributed by atoms with Crippen molar-refractivity contribution in [3.63, 3.8) is 0 Å². The summed E-state index contributed by atoms with van der Waals surface area (Å²) < 4.78 is 0. The molecule has 0 atom stereocenters. The fourth-order valence-electron chi connectivity index (χ4n) is 2.32. The van der Waals surface area contributed by atoms with Crippen LogP contribution in [0.5, 0.6) is 0 Å². The highest BCUT2D eigenvalue weighted by Gasteiger charge is 2.20. The molecule has 1 aliphatic rings. The molecule has 1 fully saturated rings. The lowest BCUT2D eigenvalue weighted by atomic mass is 9.94. The zero-order chi connectivity index (χ0) is 11.1. The Morgan fingerprint density at radius 1 is 1.33 bits per heavy atom. The zero-order valence-electron chi connectivity index (χ0n) is 9.62. The van der Waals surface area contributed by atoms with Crippen LogP contribution in [0.4, 0.5) is 0 Å². The zero-order valence-corrected chi connectivity index (χ0v) is 9.62. The van der Waals surface area contributed by atoms with Crippen LogP contribution < -0.4 is 5.73 Å². The molecule has 1 aliphatic carbocycles. The molecule has 0 radical (unpaired) electrons. The third-order valence-electron chi connectivity index (χ3n) is 3.19. The molecule has 1 saturated carbocycles. The molecule has 0 unspecified atom stereocenters. The van der Waals surface area contributed by atoms with Crippen LogP contribution in [0.2, 0.25) is 0 Å². The van der Waals surface area contributed by atoms with E-state index in [1.54, 1.807) is 0 Å². The average molecular weight is 212 g/mol. The van der Waals surface area contributed by atoms with Crippen molar-refractivity contribution >= 4 is 0 Å². The number of hydrogen-bond donors (Lipinski definition) is 2. The van der Waals surface area contributed by atoms with Crippen LogP contribution in [0.15, 0.2) is 12.2 Å². The Morgan fingerprint density at radius 3 is 2.53 bits per heavy atom. The van der Waals surface area contributed by atoms with Gasteiger partial charge in [0.05, 0.1) is 6.61 Å². The SMILES string of the molecule is C=C(CN)CN(CCO)C1CCCCC1. The number of nitrogens with zero attached hydrogens (tertiary/aromatic N) is 1. The van der Waals surface area contributed by atoms with Crippen LogP contribution in [0.3, 0.4) is 0 Å². The van der Waals surface area contributed by atoms with Crippen LogP contribution in [-0.4, -0.2) is 42.3 Å². The molecule has 3 N–H and O–H groups in total. The van der Waals surface area contributed by atoms with E-state index in [0.29, 0.717) is 12.6 Å². The first-order chi connectivity index (χ1) is 7.27. The van der Waals surface area contributed by atoms with Crippen LogP contribution in [0, 0.1) is 0 Å². The molecule has 3 nitrogen and oxygen atoms in total. The molecule has 0 aromatic heterocycles. The maximum atomic E-state index is 9.05. The fourth-order valence-corrected chi connectivity index (χ4v) is 2.32. The van der Waals surface area contributed by atoms with E-state index in [2.05, 4.69) is 11.5 Å². The van der Waals surface area contributed by atoms with Crippen molar-refractivity contribution in [1.29, 1.82) is 0 Å². The topological polar surface area (TPSA) is 49.5 Å². The summed E-state index contributed by atoms with van der Waals surface area (Å²) in [6.45, 7) is 6.33. The molecule has 88 valence electrons. The van der Waals surface area contributed by atoms with Gasteiger partial charge in [-0.05, 0) is 18.4 Å². The lowest BCUT2D eigenvalue weighted by Gasteiger charge is -2.34. The van der Waals surface area contributed by atoms with Crippen LogP contribution in [-0.2, 0) is 0 Å². The lowest BCUT2D eigenvalue weighted by molar-refractivity contribution is 0.134. The van der Waals surface area contributed by atoms with E-state index in [9.17, 15) is 0 Å². The Kier molecular flexibility index (Phi) is 5.91. The van der Waals surface area contributed by atoms with Crippen LogP contribution >= 0.6 is 0 Å². The first-order valence-corrected chi connectivity index (χ1v) is 5.99. The second-order valence-corrected chi connectivity index (χ2v) is 4.44. The van der Waals surface area contributed by atoms with Gasteiger partial charge in [0.2, 0.25) is 0 Å². The van der Waals surface area contributed by atoms with E-state index >= 15 is 0 Å². The molecule has 0 saturated heterocycles. The van der Waals surface area contributed by atoms with Gasteiger partial charge in [-0.2, -0.15) is 0 Å². The molecule has 15 heavy (non-hydrogen) atoms. The summed E-state index contributed by atoms with van der Waals surface area (Å²) in [4.78, 5) is 2.34. The molecule has 0 aromatic rings. The maximum absolute atomic E-state index is 9.05. The molecule has 0 spiro atoms. The minimum atomic E-state index is 0.231. The van der Waals surface area contributed by atoms with E-state index in [1.165, 1.54) is 32.1 Å². The minimum Gasteiger partial charge on any atom is -0.395 e. The van der Waals surface area contributed by atoms with Crippen LogP contribution in [0.25, 0.3) is 0 Å².